The normalized spacial score (nSPS) is 10.3. The second-order valence-corrected chi connectivity index (χ2v) is 6.03. The largest absolute Gasteiger partial charge is 0.366 e. The van der Waals surface area contributed by atoms with Gasteiger partial charge in [0.25, 0.3) is 0 Å². The molecule has 0 saturated carbocycles. The monoisotopic (exact) mass is 368 g/mol. The van der Waals surface area contributed by atoms with E-state index in [1.807, 2.05) is 42.5 Å². The van der Waals surface area contributed by atoms with Gasteiger partial charge in [0.1, 0.15) is 18.0 Å². The summed E-state index contributed by atoms with van der Waals surface area (Å²) in [7, 11) is 0. The summed E-state index contributed by atoms with van der Waals surface area (Å²) in [5, 5.41) is 6.62. The standard InChI is InChI=1S/C18H17BrN4/c1-13-6-2-3-7-14(13)11-20-17-10-18(22-12-21-17)23-16-9-5-4-8-15(16)19/h2-10,12H,11H2,1H3,(H2,20,21,22,23). The van der Waals surface area contributed by atoms with E-state index in [1.54, 1.807) is 6.33 Å². The number of halogens is 1. The quantitative estimate of drug-likeness (QED) is 0.672. The van der Waals surface area contributed by atoms with E-state index in [-0.39, 0.29) is 0 Å². The van der Waals surface area contributed by atoms with Crippen molar-refractivity contribution in [1.82, 2.24) is 9.97 Å². The van der Waals surface area contributed by atoms with Gasteiger partial charge in [-0.05, 0) is 46.1 Å². The SMILES string of the molecule is Cc1ccccc1CNc1cc(Nc2ccccc2Br)ncn1. The summed E-state index contributed by atoms with van der Waals surface area (Å²) in [6.45, 7) is 2.84. The fraction of sp³-hybridized carbons (Fsp3) is 0.111. The zero-order valence-electron chi connectivity index (χ0n) is 12.8. The highest BCUT2D eigenvalue weighted by Crippen LogP contribution is 2.25. The molecule has 3 aromatic rings. The molecule has 0 unspecified atom stereocenters. The Hall–Kier alpha value is -2.40. The minimum Gasteiger partial charge on any atom is -0.366 e. The topological polar surface area (TPSA) is 49.8 Å². The van der Waals surface area contributed by atoms with Gasteiger partial charge in [-0.1, -0.05) is 36.4 Å². The van der Waals surface area contributed by atoms with Crippen LogP contribution >= 0.6 is 15.9 Å². The highest BCUT2D eigenvalue weighted by atomic mass is 79.9. The summed E-state index contributed by atoms with van der Waals surface area (Å²) in [5.74, 6) is 1.54. The second-order valence-electron chi connectivity index (χ2n) is 5.17. The lowest BCUT2D eigenvalue weighted by molar-refractivity contribution is 1.07. The Morgan fingerprint density at radius 1 is 0.957 bits per heavy atom. The van der Waals surface area contributed by atoms with Gasteiger partial charge in [0, 0.05) is 17.1 Å². The van der Waals surface area contributed by atoms with Crippen molar-refractivity contribution >= 4 is 33.3 Å². The molecule has 116 valence electrons. The maximum absolute atomic E-state index is 4.27. The lowest BCUT2D eigenvalue weighted by atomic mass is 10.1. The van der Waals surface area contributed by atoms with Crippen LogP contribution < -0.4 is 10.6 Å². The van der Waals surface area contributed by atoms with Crippen LogP contribution in [-0.2, 0) is 6.54 Å². The Bertz CT molecular complexity index is 804. The number of aryl methyl sites for hydroxylation is 1. The number of aromatic nitrogens is 2. The van der Waals surface area contributed by atoms with E-state index in [4.69, 9.17) is 0 Å². The van der Waals surface area contributed by atoms with Gasteiger partial charge in [-0.2, -0.15) is 0 Å². The molecular weight excluding hydrogens is 352 g/mol. The average Bonchev–Trinajstić information content (AvgIpc) is 2.57. The van der Waals surface area contributed by atoms with Crippen LogP contribution in [-0.4, -0.2) is 9.97 Å². The summed E-state index contributed by atoms with van der Waals surface area (Å²) >= 11 is 3.52. The Morgan fingerprint density at radius 2 is 1.70 bits per heavy atom. The number of benzene rings is 2. The number of nitrogens with zero attached hydrogens (tertiary/aromatic N) is 2. The zero-order chi connectivity index (χ0) is 16.1. The summed E-state index contributed by atoms with van der Waals surface area (Å²) in [6.07, 6.45) is 1.55. The van der Waals surface area contributed by atoms with Gasteiger partial charge in [0.2, 0.25) is 0 Å². The van der Waals surface area contributed by atoms with Crippen molar-refractivity contribution in [3.8, 4) is 0 Å². The molecule has 0 saturated heterocycles. The van der Waals surface area contributed by atoms with Gasteiger partial charge in [-0.25, -0.2) is 9.97 Å². The minimum atomic E-state index is 0.734. The molecule has 0 aliphatic rings. The smallest absolute Gasteiger partial charge is 0.135 e. The predicted octanol–water partition coefficient (Wildman–Crippen LogP) is 4.90. The maximum atomic E-state index is 4.27. The number of rotatable bonds is 5. The number of anilines is 3. The number of nitrogens with one attached hydrogen (secondary N) is 2. The predicted molar refractivity (Wildman–Crippen MR) is 98.0 cm³/mol. The Morgan fingerprint density at radius 3 is 2.52 bits per heavy atom. The zero-order valence-corrected chi connectivity index (χ0v) is 14.3. The van der Waals surface area contributed by atoms with Crippen molar-refractivity contribution in [2.24, 2.45) is 0 Å². The third-order valence-corrected chi connectivity index (χ3v) is 4.22. The van der Waals surface area contributed by atoms with Crippen LogP contribution in [0.25, 0.3) is 0 Å². The van der Waals surface area contributed by atoms with Crippen molar-refractivity contribution in [3.05, 3.63) is 76.5 Å². The van der Waals surface area contributed by atoms with E-state index < -0.39 is 0 Å². The lowest BCUT2D eigenvalue weighted by Crippen LogP contribution is -2.04. The Kier molecular flexibility index (Phi) is 4.88. The van der Waals surface area contributed by atoms with E-state index in [1.165, 1.54) is 11.1 Å². The molecule has 4 nitrogen and oxygen atoms in total. The molecular formula is C18H17BrN4. The molecule has 0 spiro atoms. The van der Waals surface area contributed by atoms with Gasteiger partial charge >= 0.3 is 0 Å². The Balaban J connectivity index is 1.70. The van der Waals surface area contributed by atoms with Gasteiger partial charge < -0.3 is 10.6 Å². The molecule has 1 aromatic heterocycles. The number of hydrogen-bond acceptors (Lipinski definition) is 4. The van der Waals surface area contributed by atoms with Crippen LogP contribution in [0.2, 0.25) is 0 Å². The van der Waals surface area contributed by atoms with Crippen molar-refractivity contribution in [2.75, 3.05) is 10.6 Å². The van der Waals surface area contributed by atoms with Crippen molar-refractivity contribution in [2.45, 2.75) is 13.5 Å². The van der Waals surface area contributed by atoms with E-state index in [2.05, 4.69) is 55.6 Å². The van der Waals surface area contributed by atoms with Crippen LogP contribution in [0.3, 0.4) is 0 Å². The summed E-state index contributed by atoms with van der Waals surface area (Å²) in [5.41, 5.74) is 3.49. The van der Waals surface area contributed by atoms with Crippen LogP contribution in [0.5, 0.6) is 0 Å². The lowest BCUT2D eigenvalue weighted by Gasteiger charge is -2.10. The molecule has 3 rings (SSSR count). The summed E-state index contributed by atoms with van der Waals surface area (Å²) in [6, 6.07) is 18.1. The molecule has 0 amide bonds. The molecule has 5 heteroatoms. The molecule has 0 radical (unpaired) electrons. The first kappa shape index (κ1) is 15.5. The van der Waals surface area contributed by atoms with Crippen LogP contribution in [0, 0.1) is 6.92 Å². The van der Waals surface area contributed by atoms with Crippen LogP contribution in [0.1, 0.15) is 11.1 Å². The molecule has 0 aliphatic carbocycles. The molecule has 0 fully saturated rings. The molecule has 0 bridgehead atoms. The molecule has 2 N–H and O–H groups in total. The fourth-order valence-electron chi connectivity index (χ4n) is 2.22. The molecule has 1 heterocycles. The highest BCUT2D eigenvalue weighted by molar-refractivity contribution is 9.10. The van der Waals surface area contributed by atoms with Crippen LogP contribution in [0.4, 0.5) is 17.3 Å². The first-order valence-electron chi connectivity index (χ1n) is 7.34. The van der Waals surface area contributed by atoms with Gasteiger partial charge in [0.15, 0.2) is 0 Å². The van der Waals surface area contributed by atoms with Gasteiger partial charge in [-0.15, -0.1) is 0 Å². The Labute approximate surface area is 144 Å². The number of para-hydroxylation sites is 1. The van der Waals surface area contributed by atoms with Crippen molar-refractivity contribution in [1.29, 1.82) is 0 Å². The average molecular weight is 369 g/mol. The minimum absolute atomic E-state index is 0.734. The number of hydrogen-bond donors (Lipinski definition) is 2. The van der Waals surface area contributed by atoms with E-state index in [0.717, 1.165) is 28.3 Å². The summed E-state index contributed by atoms with van der Waals surface area (Å²) in [4.78, 5) is 8.54. The molecule has 0 atom stereocenters. The molecule has 0 aliphatic heterocycles. The first-order valence-corrected chi connectivity index (χ1v) is 8.13. The highest BCUT2D eigenvalue weighted by Gasteiger charge is 2.03. The van der Waals surface area contributed by atoms with Crippen molar-refractivity contribution < 1.29 is 0 Å². The molecule has 23 heavy (non-hydrogen) atoms. The molecule has 2 aromatic carbocycles. The van der Waals surface area contributed by atoms with Crippen molar-refractivity contribution in [3.63, 3.8) is 0 Å². The van der Waals surface area contributed by atoms with Crippen LogP contribution in [0.15, 0.2) is 65.4 Å². The van der Waals surface area contributed by atoms with Gasteiger partial charge in [-0.3, -0.25) is 0 Å². The summed E-state index contributed by atoms with van der Waals surface area (Å²) < 4.78 is 0.994. The van der Waals surface area contributed by atoms with E-state index in [0.29, 0.717) is 0 Å². The van der Waals surface area contributed by atoms with E-state index >= 15 is 0 Å². The second kappa shape index (κ2) is 7.24. The van der Waals surface area contributed by atoms with E-state index in [9.17, 15) is 0 Å². The third-order valence-electron chi connectivity index (χ3n) is 3.52. The first-order chi connectivity index (χ1) is 11.2. The third kappa shape index (κ3) is 4.07. The fourth-order valence-corrected chi connectivity index (χ4v) is 2.60. The maximum Gasteiger partial charge on any atom is 0.135 e. The van der Waals surface area contributed by atoms with Gasteiger partial charge in [0.05, 0.1) is 5.69 Å².